The molecule has 1 unspecified atom stereocenters. The number of benzene rings is 1. The molecule has 1 aromatic carbocycles. The van der Waals surface area contributed by atoms with Gasteiger partial charge in [-0.2, -0.15) is 0 Å². The molecule has 1 aliphatic rings. The fourth-order valence-electron chi connectivity index (χ4n) is 2.29. The van der Waals surface area contributed by atoms with Gasteiger partial charge >= 0.3 is 0 Å². The Hall–Kier alpha value is -1.26. The van der Waals surface area contributed by atoms with Crippen molar-refractivity contribution in [3.8, 4) is 5.75 Å². The van der Waals surface area contributed by atoms with Crippen LogP contribution in [0.2, 0.25) is 5.02 Å². The lowest BCUT2D eigenvalue weighted by molar-refractivity contribution is 0.0674. The Bertz CT molecular complexity index is 450. The van der Waals surface area contributed by atoms with Crippen LogP contribution in [0.3, 0.4) is 0 Å². The van der Waals surface area contributed by atoms with Gasteiger partial charge < -0.3 is 14.7 Å². The first-order valence-electron chi connectivity index (χ1n) is 5.92. The second-order valence-electron chi connectivity index (χ2n) is 4.32. The zero-order valence-electron chi connectivity index (χ0n) is 10.2. The maximum Gasteiger partial charge on any atom is 0.257 e. The number of ether oxygens (including phenoxy) is 1. The molecule has 18 heavy (non-hydrogen) atoms. The quantitative estimate of drug-likeness (QED) is 0.912. The third-order valence-electron chi connectivity index (χ3n) is 3.24. The van der Waals surface area contributed by atoms with E-state index in [2.05, 4.69) is 0 Å². The maximum atomic E-state index is 12.4. The van der Waals surface area contributed by atoms with Crippen molar-refractivity contribution in [2.45, 2.75) is 18.9 Å². The average molecular weight is 270 g/mol. The van der Waals surface area contributed by atoms with Crippen molar-refractivity contribution >= 4 is 17.5 Å². The van der Waals surface area contributed by atoms with E-state index in [1.807, 2.05) is 0 Å². The molecule has 1 aliphatic heterocycles. The van der Waals surface area contributed by atoms with Crippen molar-refractivity contribution in [2.24, 2.45) is 0 Å². The number of likely N-dealkylation sites (tertiary alicyclic amines) is 1. The van der Waals surface area contributed by atoms with Gasteiger partial charge in [0.1, 0.15) is 5.75 Å². The molecule has 1 heterocycles. The first-order valence-corrected chi connectivity index (χ1v) is 6.30. The second kappa shape index (κ2) is 5.59. The largest absolute Gasteiger partial charge is 0.496 e. The van der Waals surface area contributed by atoms with E-state index in [-0.39, 0.29) is 18.6 Å². The number of nitrogens with zero attached hydrogens (tertiary/aromatic N) is 1. The molecule has 98 valence electrons. The molecule has 1 N–H and O–H groups in total. The van der Waals surface area contributed by atoms with Crippen molar-refractivity contribution < 1.29 is 14.6 Å². The summed E-state index contributed by atoms with van der Waals surface area (Å²) < 4.78 is 5.18. The van der Waals surface area contributed by atoms with E-state index in [1.54, 1.807) is 23.1 Å². The number of methoxy groups -OCH3 is 1. The molecular weight excluding hydrogens is 254 g/mol. The number of aliphatic hydroxyl groups excluding tert-OH is 1. The van der Waals surface area contributed by atoms with Gasteiger partial charge in [0.25, 0.3) is 5.91 Å². The summed E-state index contributed by atoms with van der Waals surface area (Å²) in [6.45, 7) is 0.678. The Balaban J connectivity index is 2.28. The van der Waals surface area contributed by atoms with Gasteiger partial charge in [-0.15, -0.1) is 0 Å². The molecule has 1 saturated heterocycles. The summed E-state index contributed by atoms with van der Waals surface area (Å²) in [5.74, 6) is 0.358. The Morgan fingerprint density at radius 2 is 2.39 bits per heavy atom. The van der Waals surface area contributed by atoms with E-state index < -0.39 is 0 Å². The predicted molar refractivity (Wildman–Crippen MR) is 69.1 cm³/mol. The van der Waals surface area contributed by atoms with Gasteiger partial charge in [0.05, 0.1) is 25.3 Å². The van der Waals surface area contributed by atoms with Crippen LogP contribution in [0.15, 0.2) is 18.2 Å². The minimum atomic E-state index is -0.111. The van der Waals surface area contributed by atoms with Gasteiger partial charge in [0.2, 0.25) is 0 Å². The lowest BCUT2D eigenvalue weighted by Gasteiger charge is -2.23. The monoisotopic (exact) mass is 269 g/mol. The first kappa shape index (κ1) is 13.2. The number of aliphatic hydroxyl groups is 1. The summed E-state index contributed by atoms with van der Waals surface area (Å²) in [6, 6.07) is 4.87. The summed E-state index contributed by atoms with van der Waals surface area (Å²) in [6.07, 6.45) is 1.77. The van der Waals surface area contributed by atoms with Crippen LogP contribution in [0.1, 0.15) is 23.2 Å². The molecule has 1 aromatic rings. The van der Waals surface area contributed by atoms with Crippen LogP contribution >= 0.6 is 11.6 Å². The van der Waals surface area contributed by atoms with E-state index in [1.165, 1.54) is 7.11 Å². The summed E-state index contributed by atoms with van der Waals surface area (Å²) in [7, 11) is 1.51. The van der Waals surface area contributed by atoms with Gasteiger partial charge in [0.15, 0.2) is 0 Å². The predicted octanol–water partition coefficient (Wildman–Crippen LogP) is 1.95. The molecule has 1 fully saturated rings. The summed E-state index contributed by atoms with van der Waals surface area (Å²) in [4.78, 5) is 14.1. The Morgan fingerprint density at radius 1 is 1.61 bits per heavy atom. The number of amides is 1. The smallest absolute Gasteiger partial charge is 0.257 e. The highest BCUT2D eigenvalue weighted by molar-refractivity contribution is 6.30. The highest BCUT2D eigenvalue weighted by Gasteiger charge is 2.30. The number of carbonyl (C=O) groups excluding carboxylic acids is 1. The Morgan fingerprint density at radius 3 is 3.06 bits per heavy atom. The molecule has 1 amide bonds. The van der Waals surface area contributed by atoms with Gasteiger partial charge in [0, 0.05) is 11.6 Å². The van der Waals surface area contributed by atoms with E-state index >= 15 is 0 Å². The summed E-state index contributed by atoms with van der Waals surface area (Å²) >= 11 is 5.87. The lowest BCUT2D eigenvalue weighted by atomic mass is 10.1. The van der Waals surface area contributed by atoms with Gasteiger partial charge in [-0.3, -0.25) is 4.79 Å². The van der Waals surface area contributed by atoms with E-state index in [4.69, 9.17) is 16.3 Å². The normalized spacial score (nSPS) is 19.1. The van der Waals surface area contributed by atoms with E-state index in [9.17, 15) is 9.90 Å². The molecule has 0 radical (unpaired) electrons. The van der Waals surface area contributed by atoms with Crippen molar-refractivity contribution in [2.75, 3.05) is 20.3 Å². The highest BCUT2D eigenvalue weighted by Crippen LogP contribution is 2.27. The second-order valence-corrected chi connectivity index (χ2v) is 4.76. The number of hydrogen-bond acceptors (Lipinski definition) is 3. The number of halogens is 1. The summed E-state index contributed by atoms with van der Waals surface area (Å²) in [5, 5.41) is 9.79. The SMILES string of the molecule is COc1cc(Cl)ccc1C(=O)N1CCCC1CO. The van der Waals surface area contributed by atoms with Crippen molar-refractivity contribution in [3.05, 3.63) is 28.8 Å². The minimum absolute atomic E-state index is 0.00163. The van der Waals surface area contributed by atoms with Crippen LogP contribution < -0.4 is 4.74 Å². The Kier molecular flexibility index (Phi) is 4.09. The highest BCUT2D eigenvalue weighted by atomic mass is 35.5. The topological polar surface area (TPSA) is 49.8 Å². The fraction of sp³-hybridized carbons (Fsp3) is 0.462. The molecule has 2 rings (SSSR count). The van der Waals surface area contributed by atoms with Crippen LogP contribution in [-0.2, 0) is 0 Å². The number of carbonyl (C=O) groups is 1. The maximum absolute atomic E-state index is 12.4. The zero-order chi connectivity index (χ0) is 13.1. The molecule has 1 atom stereocenters. The van der Waals surface area contributed by atoms with Gasteiger partial charge in [-0.1, -0.05) is 11.6 Å². The van der Waals surface area contributed by atoms with Crippen LogP contribution in [0.5, 0.6) is 5.75 Å². The average Bonchev–Trinajstić information content (AvgIpc) is 2.86. The standard InChI is InChI=1S/C13H16ClNO3/c1-18-12-7-9(14)4-5-11(12)13(17)15-6-2-3-10(15)8-16/h4-5,7,10,16H,2-3,6,8H2,1H3. The van der Waals surface area contributed by atoms with Gasteiger partial charge in [-0.05, 0) is 31.0 Å². The molecule has 0 saturated carbocycles. The van der Waals surface area contributed by atoms with Crippen LogP contribution in [0.4, 0.5) is 0 Å². The summed E-state index contributed by atoms with van der Waals surface area (Å²) in [5.41, 5.74) is 0.488. The van der Waals surface area contributed by atoms with E-state index in [0.29, 0.717) is 22.9 Å². The molecule has 4 nitrogen and oxygen atoms in total. The Labute approximate surface area is 111 Å². The van der Waals surface area contributed by atoms with Crippen LogP contribution in [0.25, 0.3) is 0 Å². The van der Waals surface area contributed by atoms with Crippen molar-refractivity contribution in [3.63, 3.8) is 0 Å². The molecule has 0 spiro atoms. The molecule has 5 heteroatoms. The molecule has 0 aromatic heterocycles. The number of rotatable bonds is 3. The minimum Gasteiger partial charge on any atom is -0.496 e. The van der Waals surface area contributed by atoms with Crippen LogP contribution in [-0.4, -0.2) is 42.2 Å². The molecular formula is C13H16ClNO3. The van der Waals surface area contributed by atoms with Gasteiger partial charge in [-0.25, -0.2) is 0 Å². The molecule has 0 aliphatic carbocycles. The number of hydrogen-bond donors (Lipinski definition) is 1. The van der Waals surface area contributed by atoms with Crippen molar-refractivity contribution in [1.29, 1.82) is 0 Å². The van der Waals surface area contributed by atoms with Crippen molar-refractivity contribution in [1.82, 2.24) is 4.90 Å². The third-order valence-corrected chi connectivity index (χ3v) is 3.48. The molecule has 0 bridgehead atoms. The third kappa shape index (κ3) is 2.44. The lowest BCUT2D eigenvalue weighted by Crippen LogP contribution is -2.37. The fourth-order valence-corrected chi connectivity index (χ4v) is 2.45. The first-order chi connectivity index (χ1) is 8.67. The van der Waals surface area contributed by atoms with Crippen LogP contribution in [0, 0.1) is 0 Å². The zero-order valence-corrected chi connectivity index (χ0v) is 11.0. The van der Waals surface area contributed by atoms with E-state index in [0.717, 1.165) is 12.8 Å².